The van der Waals surface area contributed by atoms with Gasteiger partial charge in [-0.1, -0.05) is 13.0 Å². The van der Waals surface area contributed by atoms with Gasteiger partial charge in [0.05, 0.1) is 5.25 Å². The van der Waals surface area contributed by atoms with E-state index in [2.05, 4.69) is 0 Å². The molecule has 1 aliphatic rings. The lowest BCUT2D eigenvalue weighted by atomic mass is 10.2. The second kappa shape index (κ2) is 6.54. The van der Waals surface area contributed by atoms with Crippen LogP contribution in [0.3, 0.4) is 0 Å². The highest BCUT2D eigenvalue weighted by molar-refractivity contribution is 8.00. The van der Waals surface area contributed by atoms with E-state index in [1.54, 1.807) is 0 Å². The molecule has 1 aromatic rings. The molecule has 110 valence electrons. The van der Waals surface area contributed by atoms with Crippen molar-refractivity contribution in [3.63, 3.8) is 0 Å². The van der Waals surface area contributed by atoms with Gasteiger partial charge in [0.1, 0.15) is 17.3 Å². The quantitative estimate of drug-likeness (QED) is 0.908. The highest BCUT2D eigenvalue weighted by Crippen LogP contribution is 2.32. The van der Waals surface area contributed by atoms with Gasteiger partial charge >= 0.3 is 0 Å². The molecule has 0 spiro atoms. The van der Waals surface area contributed by atoms with Gasteiger partial charge in [0.25, 0.3) is 0 Å². The molecule has 2 atom stereocenters. The fraction of sp³-hybridized carbons (Fsp3) is 0.500. The molecule has 0 aromatic heterocycles. The SMILES string of the molecule is CC(CO)CSC1CCN(c2c(F)cccc2F)C1=O. The van der Waals surface area contributed by atoms with Crippen molar-refractivity contribution in [3.05, 3.63) is 29.8 Å². The first-order valence-electron chi connectivity index (χ1n) is 6.52. The van der Waals surface area contributed by atoms with E-state index in [0.29, 0.717) is 18.7 Å². The summed E-state index contributed by atoms with van der Waals surface area (Å²) in [5.41, 5.74) is -0.254. The first-order valence-corrected chi connectivity index (χ1v) is 7.57. The molecule has 0 bridgehead atoms. The van der Waals surface area contributed by atoms with Crippen LogP contribution in [0.5, 0.6) is 0 Å². The molecule has 1 fully saturated rings. The number of hydrogen-bond acceptors (Lipinski definition) is 3. The number of rotatable bonds is 5. The Morgan fingerprint density at radius 3 is 2.70 bits per heavy atom. The minimum Gasteiger partial charge on any atom is -0.396 e. The maximum absolute atomic E-state index is 13.7. The Morgan fingerprint density at radius 2 is 2.10 bits per heavy atom. The molecule has 2 rings (SSSR count). The van der Waals surface area contributed by atoms with Crippen LogP contribution in [0.4, 0.5) is 14.5 Å². The van der Waals surface area contributed by atoms with E-state index < -0.39 is 11.6 Å². The van der Waals surface area contributed by atoms with Gasteiger partial charge in [-0.15, -0.1) is 11.8 Å². The predicted octanol–water partition coefficient (Wildman–Crippen LogP) is 2.43. The Labute approximate surface area is 121 Å². The van der Waals surface area contributed by atoms with Crippen LogP contribution < -0.4 is 4.90 Å². The van der Waals surface area contributed by atoms with Gasteiger partial charge in [-0.3, -0.25) is 4.79 Å². The fourth-order valence-corrected chi connectivity index (χ4v) is 3.32. The number of para-hydroxylation sites is 1. The summed E-state index contributed by atoms with van der Waals surface area (Å²) in [5, 5.41) is 8.68. The van der Waals surface area contributed by atoms with Gasteiger partial charge in [0.2, 0.25) is 5.91 Å². The number of anilines is 1. The summed E-state index contributed by atoms with van der Waals surface area (Å²) in [6.45, 7) is 2.28. The molecule has 20 heavy (non-hydrogen) atoms. The maximum atomic E-state index is 13.7. The van der Waals surface area contributed by atoms with Crippen molar-refractivity contribution in [1.29, 1.82) is 0 Å². The third-order valence-electron chi connectivity index (χ3n) is 3.26. The Bertz CT molecular complexity index is 478. The van der Waals surface area contributed by atoms with E-state index in [0.717, 1.165) is 12.1 Å². The first kappa shape index (κ1) is 15.3. The van der Waals surface area contributed by atoms with Crippen LogP contribution in [-0.2, 0) is 4.79 Å². The van der Waals surface area contributed by atoms with Crippen molar-refractivity contribution in [1.82, 2.24) is 0 Å². The molecule has 0 aliphatic carbocycles. The molecule has 1 aliphatic heterocycles. The van der Waals surface area contributed by atoms with Crippen molar-refractivity contribution in [2.45, 2.75) is 18.6 Å². The summed E-state index contributed by atoms with van der Waals surface area (Å²) in [5.74, 6) is -0.933. The minimum atomic E-state index is -0.715. The zero-order valence-corrected chi connectivity index (χ0v) is 12.0. The molecule has 1 heterocycles. The summed E-state index contributed by atoms with van der Waals surface area (Å²) in [4.78, 5) is 13.4. The van der Waals surface area contributed by atoms with Crippen LogP contribution >= 0.6 is 11.8 Å². The van der Waals surface area contributed by atoms with Crippen molar-refractivity contribution >= 4 is 23.4 Å². The van der Waals surface area contributed by atoms with E-state index in [1.807, 2.05) is 6.92 Å². The van der Waals surface area contributed by atoms with E-state index in [1.165, 1.54) is 22.7 Å². The molecule has 1 amide bonds. The zero-order chi connectivity index (χ0) is 14.7. The Morgan fingerprint density at radius 1 is 1.45 bits per heavy atom. The lowest BCUT2D eigenvalue weighted by molar-refractivity contribution is -0.116. The average molecular weight is 301 g/mol. The summed E-state index contributed by atoms with van der Waals surface area (Å²) in [6.07, 6.45) is 0.565. The van der Waals surface area contributed by atoms with Gasteiger partial charge in [-0.25, -0.2) is 8.78 Å². The van der Waals surface area contributed by atoms with Crippen molar-refractivity contribution in [2.24, 2.45) is 5.92 Å². The smallest absolute Gasteiger partial charge is 0.240 e. The standard InChI is InChI=1S/C14H17F2NO2S/c1-9(7-18)8-20-12-5-6-17(14(12)19)13-10(15)3-2-4-11(13)16/h2-4,9,12,18H,5-8H2,1H3. The molecule has 1 N–H and O–H groups in total. The highest BCUT2D eigenvalue weighted by atomic mass is 32.2. The normalized spacial score (nSPS) is 20.5. The molecule has 2 unspecified atom stereocenters. The Balaban J connectivity index is 2.08. The number of carbonyl (C=O) groups is 1. The second-order valence-electron chi connectivity index (χ2n) is 4.96. The third kappa shape index (κ3) is 3.12. The number of aliphatic hydroxyl groups excluding tert-OH is 1. The van der Waals surface area contributed by atoms with Crippen molar-refractivity contribution in [3.8, 4) is 0 Å². The van der Waals surface area contributed by atoms with Crippen LogP contribution in [0.2, 0.25) is 0 Å². The Kier molecular flexibility index (Phi) is 4.99. The summed E-state index contributed by atoms with van der Waals surface area (Å²) in [7, 11) is 0. The van der Waals surface area contributed by atoms with Gasteiger partial charge < -0.3 is 10.0 Å². The van der Waals surface area contributed by atoms with Gasteiger partial charge in [0.15, 0.2) is 0 Å². The van der Waals surface area contributed by atoms with E-state index in [-0.39, 0.29) is 29.4 Å². The number of amides is 1. The van der Waals surface area contributed by atoms with Gasteiger partial charge in [-0.2, -0.15) is 0 Å². The van der Waals surface area contributed by atoms with Crippen LogP contribution in [0.15, 0.2) is 18.2 Å². The molecular formula is C14H17F2NO2S. The van der Waals surface area contributed by atoms with E-state index in [4.69, 9.17) is 5.11 Å². The molecule has 0 radical (unpaired) electrons. The number of carbonyl (C=O) groups excluding carboxylic acids is 1. The third-order valence-corrected chi connectivity index (χ3v) is 4.86. The predicted molar refractivity (Wildman–Crippen MR) is 75.8 cm³/mol. The van der Waals surface area contributed by atoms with Crippen LogP contribution in [0.1, 0.15) is 13.3 Å². The maximum Gasteiger partial charge on any atom is 0.240 e. The summed E-state index contributed by atoms with van der Waals surface area (Å²) < 4.78 is 27.4. The molecule has 1 aromatic carbocycles. The molecule has 3 nitrogen and oxygen atoms in total. The number of hydrogen-bond donors (Lipinski definition) is 1. The number of thioether (sulfide) groups is 1. The fourth-order valence-electron chi connectivity index (χ4n) is 2.11. The van der Waals surface area contributed by atoms with E-state index in [9.17, 15) is 13.6 Å². The van der Waals surface area contributed by atoms with Gasteiger partial charge in [-0.05, 0) is 30.2 Å². The first-order chi connectivity index (χ1) is 9.54. The average Bonchev–Trinajstić information content (AvgIpc) is 2.77. The zero-order valence-electron chi connectivity index (χ0n) is 11.2. The van der Waals surface area contributed by atoms with Crippen molar-refractivity contribution in [2.75, 3.05) is 23.8 Å². The topological polar surface area (TPSA) is 40.5 Å². The van der Waals surface area contributed by atoms with Gasteiger partial charge in [0, 0.05) is 13.2 Å². The molecule has 6 heteroatoms. The van der Waals surface area contributed by atoms with Crippen LogP contribution in [0.25, 0.3) is 0 Å². The number of halogens is 2. The monoisotopic (exact) mass is 301 g/mol. The summed E-state index contributed by atoms with van der Waals surface area (Å²) in [6, 6.07) is 3.59. The molecule has 1 saturated heterocycles. The molecule has 0 saturated carbocycles. The van der Waals surface area contributed by atoms with Crippen LogP contribution in [0, 0.1) is 17.6 Å². The lowest BCUT2D eigenvalue weighted by Crippen LogP contribution is -2.30. The minimum absolute atomic E-state index is 0.0690. The molecular weight excluding hydrogens is 284 g/mol. The number of aliphatic hydroxyl groups is 1. The van der Waals surface area contributed by atoms with E-state index >= 15 is 0 Å². The lowest BCUT2D eigenvalue weighted by Gasteiger charge is -2.18. The van der Waals surface area contributed by atoms with Crippen LogP contribution in [-0.4, -0.2) is 35.2 Å². The highest BCUT2D eigenvalue weighted by Gasteiger charge is 2.35. The van der Waals surface area contributed by atoms with Crippen molar-refractivity contribution < 1.29 is 18.7 Å². The largest absolute Gasteiger partial charge is 0.396 e. The number of benzene rings is 1. The Hall–Kier alpha value is -1.14. The second-order valence-corrected chi connectivity index (χ2v) is 6.19. The number of nitrogens with zero attached hydrogens (tertiary/aromatic N) is 1. The summed E-state index contributed by atoms with van der Waals surface area (Å²) >= 11 is 1.44.